The van der Waals surface area contributed by atoms with E-state index in [9.17, 15) is 0 Å². The predicted molar refractivity (Wildman–Crippen MR) is 90.2 cm³/mol. The Kier molecular flexibility index (Phi) is 5.97. The molecule has 0 spiro atoms. The Morgan fingerprint density at radius 1 is 0.857 bits per heavy atom. The summed E-state index contributed by atoms with van der Waals surface area (Å²) in [6.07, 6.45) is 0. The molecule has 1 N–H and O–H groups in total. The van der Waals surface area contributed by atoms with Gasteiger partial charge >= 0.3 is 0 Å². The zero-order valence-corrected chi connectivity index (χ0v) is 13.4. The Morgan fingerprint density at radius 2 is 1.43 bits per heavy atom. The molecule has 2 heteroatoms. The van der Waals surface area contributed by atoms with Gasteiger partial charge in [0.15, 0.2) is 0 Å². The molecule has 2 aromatic carbocycles. The number of hydrogen-bond donors (Lipinski definition) is 1. The smallest absolute Gasteiger partial charge is 0.0237 e. The van der Waals surface area contributed by atoms with Gasteiger partial charge < -0.3 is 5.32 Å². The second-order valence-electron chi connectivity index (χ2n) is 5.65. The summed E-state index contributed by atoms with van der Waals surface area (Å²) < 4.78 is 0. The van der Waals surface area contributed by atoms with Crippen LogP contribution in [0.4, 0.5) is 0 Å². The molecule has 0 aliphatic rings. The average Bonchev–Trinajstić information content (AvgIpc) is 2.49. The third-order valence-corrected chi connectivity index (χ3v) is 3.83. The van der Waals surface area contributed by atoms with E-state index in [1.54, 1.807) is 0 Å². The first-order valence-corrected chi connectivity index (χ1v) is 7.71. The van der Waals surface area contributed by atoms with Crippen LogP contribution in [0, 0.1) is 6.92 Å². The maximum Gasteiger partial charge on any atom is 0.0237 e. The molecule has 21 heavy (non-hydrogen) atoms. The molecule has 0 aromatic heterocycles. The van der Waals surface area contributed by atoms with Crippen molar-refractivity contribution in [2.45, 2.75) is 33.5 Å². The summed E-state index contributed by atoms with van der Waals surface area (Å²) in [6, 6.07) is 17.3. The fourth-order valence-corrected chi connectivity index (χ4v) is 2.57. The number of nitrogens with one attached hydrogen (secondary N) is 1. The Balaban J connectivity index is 2.02. The van der Waals surface area contributed by atoms with Gasteiger partial charge in [-0.15, -0.1) is 0 Å². The molecule has 2 rings (SSSR count). The minimum Gasteiger partial charge on any atom is -0.313 e. The molecule has 0 fully saturated rings. The molecule has 0 amide bonds. The lowest BCUT2D eigenvalue weighted by atomic mass is 10.1. The number of hydrogen-bond acceptors (Lipinski definition) is 2. The highest BCUT2D eigenvalue weighted by Gasteiger charge is 2.07. The van der Waals surface area contributed by atoms with E-state index in [0.29, 0.717) is 0 Å². The van der Waals surface area contributed by atoms with E-state index < -0.39 is 0 Å². The monoisotopic (exact) mass is 282 g/mol. The van der Waals surface area contributed by atoms with Gasteiger partial charge in [-0.25, -0.2) is 0 Å². The van der Waals surface area contributed by atoms with Crippen LogP contribution in [-0.2, 0) is 19.6 Å². The number of aryl methyl sites for hydroxylation is 1. The van der Waals surface area contributed by atoms with Crippen LogP contribution < -0.4 is 5.32 Å². The van der Waals surface area contributed by atoms with Crippen LogP contribution in [0.5, 0.6) is 0 Å². The summed E-state index contributed by atoms with van der Waals surface area (Å²) in [5.74, 6) is 0. The second-order valence-corrected chi connectivity index (χ2v) is 5.65. The number of benzene rings is 2. The zero-order valence-electron chi connectivity index (χ0n) is 13.4. The van der Waals surface area contributed by atoms with Crippen molar-refractivity contribution in [2.75, 3.05) is 13.6 Å². The Labute approximate surface area is 128 Å². The first-order chi connectivity index (χ1) is 10.2. The molecule has 0 radical (unpaired) electrons. The molecule has 2 nitrogen and oxygen atoms in total. The lowest BCUT2D eigenvalue weighted by molar-refractivity contribution is 0.317. The third-order valence-electron chi connectivity index (χ3n) is 3.83. The summed E-state index contributed by atoms with van der Waals surface area (Å²) in [5.41, 5.74) is 5.58. The largest absolute Gasteiger partial charge is 0.313 e. The van der Waals surface area contributed by atoms with Crippen molar-refractivity contribution in [1.82, 2.24) is 10.2 Å². The molecule has 0 heterocycles. The van der Waals surface area contributed by atoms with E-state index in [1.807, 2.05) is 0 Å². The van der Waals surface area contributed by atoms with Crippen molar-refractivity contribution in [3.63, 3.8) is 0 Å². The fraction of sp³-hybridized carbons (Fsp3) is 0.368. The predicted octanol–water partition coefficient (Wildman–Crippen LogP) is 3.74. The number of nitrogens with zero attached hydrogens (tertiary/aromatic N) is 1. The standard InChI is InChI=1S/C19H26N2/c1-4-20-13-17-10-7-8-12-19(17)15-21(3)14-18-11-6-5-9-16(18)2/h5-12,20H,4,13-15H2,1-3H3. The zero-order chi connectivity index (χ0) is 15.1. The van der Waals surface area contributed by atoms with Crippen LogP contribution in [0.15, 0.2) is 48.5 Å². The topological polar surface area (TPSA) is 15.3 Å². The molecule has 0 atom stereocenters. The second kappa shape index (κ2) is 7.96. The molecular weight excluding hydrogens is 256 g/mol. The average molecular weight is 282 g/mol. The first-order valence-electron chi connectivity index (χ1n) is 7.71. The van der Waals surface area contributed by atoms with Crippen molar-refractivity contribution < 1.29 is 0 Å². The lowest BCUT2D eigenvalue weighted by Crippen LogP contribution is -2.20. The van der Waals surface area contributed by atoms with Crippen LogP contribution in [-0.4, -0.2) is 18.5 Å². The molecule has 2 aromatic rings. The van der Waals surface area contributed by atoms with Gasteiger partial charge in [-0.05, 0) is 42.8 Å². The summed E-state index contributed by atoms with van der Waals surface area (Å²) in [7, 11) is 2.19. The van der Waals surface area contributed by atoms with Gasteiger partial charge in [0, 0.05) is 19.6 Å². The highest BCUT2D eigenvalue weighted by Crippen LogP contribution is 2.14. The van der Waals surface area contributed by atoms with Crippen molar-refractivity contribution in [2.24, 2.45) is 0 Å². The SMILES string of the molecule is CCNCc1ccccc1CN(C)Cc1ccccc1C. The third kappa shape index (κ3) is 4.69. The maximum absolute atomic E-state index is 3.42. The number of rotatable bonds is 7. The van der Waals surface area contributed by atoms with Gasteiger partial charge in [-0.2, -0.15) is 0 Å². The van der Waals surface area contributed by atoms with Crippen molar-refractivity contribution in [3.8, 4) is 0 Å². The molecule has 0 aliphatic carbocycles. The Hall–Kier alpha value is -1.64. The van der Waals surface area contributed by atoms with Gasteiger partial charge in [0.25, 0.3) is 0 Å². The van der Waals surface area contributed by atoms with Crippen LogP contribution in [0.2, 0.25) is 0 Å². The summed E-state index contributed by atoms with van der Waals surface area (Å²) >= 11 is 0. The van der Waals surface area contributed by atoms with E-state index in [4.69, 9.17) is 0 Å². The molecule has 0 unspecified atom stereocenters. The quantitative estimate of drug-likeness (QED) is 0.832. The van der Waals surface area contributed by atoms with Gasteiger partial charge in [-0.3, -0.25) is 4.90 Å². The molecule has 0 aliphatic heterocycles. The maximum atomic E-state index is 3.42. The van der Waals surface area contributed by atoms with Gasteiger partial charge in [-0.1, -0.05) is 55.5 Å². The summed E-state index contributed by atoms with van der Waals surface area (Å²) in [5, 5.41) is 3.42. The van der Waals surface area contributed by atoms with E-state index in [-0.39, 0.29) is 0 Å². The Bertz CT molecular complexity index is 563. The van der Waals surface area contributed by atoms with Crippen LogP contribution in [0.3, 0.4) is 0 Å². The Morgan fingerprint density at radius 3 is 2.10 bits per heavy atom. The minimum atomic E-state index is 0.949. The van der Waals surface area contributed by atoms with Crippen LogP contribution >= 0.6 is 0 Å². The van der Waals surface area contributed by atoms with Crippen LogP contribution in [0.1, 0.15) is 29.2 Å². The van der Waals surface area contributed by atoms with Gasteiger partial charge in [0.05, 0.1) is 0 Å². The fourth-order valence-electron chi connectivity index (χ4n) is 2.57. The highest BCUT2D eigenvalue weighted by atomic mass is 15.1. The molecular formula is C19H26N2. The van der Waals surface area contributed by atoms with Crippen LogP contribution in [0.25, 0.3) is 0 Å². The van der Waals surface area contributed by atoms with Gasteiger partial charge in [0.1, 0.15) is 0 Å². The van der Waals surface area contributed by atoms with Gasteiger partial charge in [0.2, 0.25) is 0 Å². The minimum absolute atomic E-state index is 0.949. The van der Waals surface area contributed by atoms with E-state index in [2.05, 4.69) is 79.6 Å². The first kappa shape index (κ1) is 15.7. The van der Waals surface area contributed by atoms with Crippen molar-refractivity contribution in [1.29, 1.82) is 0 Å². The molecule has 0 bridgehead atoms. The highest BCUT2D eigenvalue weighted by molar-refractivity contribution is 5.28. The van der Waals surface area contributed by atoms with Crippen molar-refractivity contribution in [3.05, 3.63) is 70.8 Å². The molecule has 0 saturated carbocycles. The van der Waals surface area contributed by atoms with E-state index >= 15 is 0 Å². The molecule has 112 valence electrons. The molecule has 0 saturated heterocycles. The normalized spacial score (nSPS) is 11.0. The van der Waals surface area contributed by atoms with Crippen molar-refractivity contribution >= 4 is 0 Å². The summed E-state index contributed by atoms with van der Waals surface area (Å²) in [4.78, 5) is 2.38. The lowest BCUT2D eigenvalue weighted by Gasteiger charge is -2.20. The van der Waals surface area contributed by atoms with E-state index in [0.717, 1.165) is 26.2 Å². The van der Waals surface area contributed by atoms with E-state index in [1.165, 1.54) is 22.3 Å². The summed E-state index contributed by atoms with van der Waals surface area (Å²) in [6.45, 7) is 8.26.